The van der Waals surface area contributed by atoms with E-state index in [0.29, 0.717) is 23.0 Å². The van der Waals surface area contributed by atoms with Gasteiger partial charge < -0.3 is 4.57 Å². The molecule has 0 bridgehead atoms. The lowest BCUT2D eigenvalue weighted by atomic mass is 10.2. The van der Waals surface area contributed by atoms with Crippen LogP contribution in [0.1, 0.15) is 10.5 Å². The first-order valence-electron chi connectivity index (χ1n) is 5.99. The smallest absolute Gasteiger partial charge is 0.275 e. The van der Waals surface area contributed by atoms with Crippen LogP contribution in [0.5, 0.6) is 0 Å². The van der Waals surface area contributed by atoms with Crippen LogP contribution in [0.4, 0.5) is 5.95 Å². The molecule has 0 saturated heterocycles. The Morgan fingerprint density at radius 2 is 2.15 bits per heavy atom. The fourth-order valence-electron chi connectivity index (χ4n) is 1.74. The molecule has 0 spiro atoms. The predicted molar refractivity (Wildman–Crippen MR) is 73.0 cm³/mol. The van der Waals surface area contributed by atoms with Crippen molar-refractivity contribution in [3.8, 4) is 11.4 Å². The Morgan fingerprint density at radius 1 is 1.25 bits per heavy atom. The monoisotopic (exact) mass is 268 g/mol. The summed E-state index contributed by atoms with van der Waals surface area (Å²) in [7, 11) is 1.80. The van der Waals surface area contributed by atoms with Gasteiger partial charge in [-0.15, -0.1) is 0 Å². The van der Waals surface area contributed by atoms with E-state index in [1.807, 2.05) is 18.2 Å². The largest absolute Gasteiger partial charge is 0.320 e. The first-order valence-corrected chi connectivity index (χ1v) is 5.99. The van der Waals surface area contributed by atoms with Gasteiger partial charge in [-0.3, -0.25) is 20.2 Å². The van der Waals surface area contributed by atoms with Crippen LogP contribution in [0.2, 0.25) is 0 Å². The fraction of sp³-hybridized carbons (Fsp3) is 0.0769. The van der Waals surface area contributed by atoms with Crippen molar-refractivity contribution in [3.05, 3.63) is 48.5 Å². The highest BCUT2D eigenvalue weighted by molar-refractivity contribution is 6.02. The van der Waals surface area contributed by atoms with E-state index in [4.69, 9.17) is 0 Å². The summed E-state index contributed by atoms with van der Waals surface area (Å²) in [5.41, 5.74) is 1.68. The number of nitrogens with zero attached hydrogens (tertiary/aromatic N) is 4. The van der Waals surface area contributed by atoms with Gasteiger partial charge in [0.15, 0.2) is 0 Å². The van der Waals surface area contributed by atoms with Crippen LogP contribution in [0, 0.1) is 0 Å². The molecule has 3 heterocycles. The van der Waals surface area contributed by atoms with Gasteiger partial charge in [0.05, 0.1) is 5.69 Å². The van der Waals surface area contributed by atoms with Crippen molar-refractivity contribution in [2.45, 2.75) is 0 Å². The van der Waals surface area contributed by atoms with E-state index < -0.39 is 0 Å². The number of pyridine rings is 1. The van der Waals surface area contributed by atoms with Crippen LogP contribution in [-0.2, 0) is 7.05 Å². The molecule has 1 amide bonds. The molecule has 100 valence electrons. The topological polar surface area (TPSA) is 88.5 Å². The molecule has 0 aliphatic carbocycles. The standard InChI is InChI=1S/C13H12N6O/c1-19-7-6-15-13(19)16-12(20)11-8-10(17-18-11)9-4-2-3-5-14-9/h2-8H,1H3,(H,17,18)(H,15,16,20). The van der Waals surface area contributed by atoms with Crippen molar-refractivity contribution < 1.29 is 4.79 Å². The van der Waals surface area contributed by atoms with Crippen molar-refractivity contribution in [2.75, 3.05) is 5.32 Å². The number of hydrogen-bond acceptors (Lipinski definition) is 4. The molecule has 0 fully saturated rings. The number of carbonyl (C=O) groups excluding carboxylic acids is 1. The number of aromatic amines is 1. The highest BCUT2D eigenvalue weighted by Crippen LogP contribution is 2.14. The Labute approximate surface area is 114 Å². The van der Waals surface area contributed by atoms with Crippen LogP contribution in [-0.4, -0.2) is 30.6 Å². The van der Waals surface area contributed by atoms with E-state index in [1.54, 1.807) is 36.3 Å². The second kappa shape index (κ2) is 4.96. The number of anilines is 1. The van der Waals surface area contributed by atoms with Gasteiger partial charge in [-0.1, -0.05) is 6.07 Å². The third-order valence-electron chi connectivity index (χ3n) is 2.80. The van der Waals surface area contributed by atoms with E-state index in [9.17, 15) is 4.79 Å². The second-order valence-corrected chi connectivity index (χ2v) is 4.20. The van der Waals surface area contributed by atoms with E-state index >= 15 is 0 Å². The van der Waals surface area contributed by atoms with Gasteiger partial charge in [0.25, 0.3) is 5.91 Å². The molecule has 0 aliphatic heterocycles. The lowest BCUT2D eigenvalue weighted by Crippen LogP contribution is -2.15. The number of H-pyrrole nitrogens is 1. The second-order valence-electron chi connectivity index (χ2n) is 4.20. The fourth-order valence-corrected chi connectivity index (χ4v) is 1.74. The van der Waals surface area contributed by atoms with Crippen LogP contribution in [0.15, 0.2) is 42.9 Å². The number of aryl methyl sites for hydroxylation is 1. The van der Waals surface area contributed by atoms with Gasteiger partial charge in [-0.2, -0.15) is 5.10 Å². The Morgan fingerprint density at radius 3 is 2.85 bits per heavy atom. The van der Waals surface area contributed by atoms with Crippen molar-refractivity contribution in [1.82, 2.24) is 24.7 Å². The van der Waals surface area contributed by atoms with E-state index in [0.717, 1.165) is 0 Å². The summed E-state index contributed by atoms with van der Waals surface area (Å²) in [5.74, 6) is 0.179. The van der Waals surface area contributed by atoms with Crippen molar-refractivity contribution in [2.24, 2.45) is 7.05 Å². The zero-order chi connectivity index (χ0) is 13.9. The highest BCUT2D eigenvalue weighted by atomic mass is 16.2. The molecular weight excluding hydrogens is 256 g/mol. The van der Waals surface area contributed by atoms with Gasteiger partial charge in [-0.05, 0) is 18.2 Å². The molecule has 2 N–H and O–H groups in total. The number of amides is 1. The Bertz CT molecular complexity index is 730. The minimum absolute atomic E-state index is 0.297. The third kappa shape index (κ3) is 2.28. The van der Waals surface area contributed by atoms with Gasteiger partial charge in [-0.25, -0.2) is 4.98 Å². The Balaban J connectivity index is 1.80. The van der Waals surface area contributed by atoms with Crippen LogP contribution in [0.25, 0.3) is 11.4 Å². The van der Waals surface area contributed by atoms with Crippen molar-refractivity contribution >= 4 is 11.9 Å². The zero-order valence-corrected chi connectivity index (χ0v) is 10.7. The lowest BCUT2D eigenvalue weighted by Gasteiger charge is -2.02. The minimum atomic E-state index is -0.297. The summed E-state index contributed by atoms with van der Waals surface area (Å²) < 4.78 is 1.72. The van der Waals surface area contributed by atoms with Gasteiger partial charge in [0.2, 0.25) is 5.95 Å². The zero-order valence-electron chi connectivity index (χ0n) is 10.7. The first-order chi connectivity index (χ1) is 9.74. The van der Waals surface area contributed by atoms with E-state index in [1.165, 1.54) is 0 Å². The number of carbonyl (C=O) groups is 1. The molecule has 0 aromatic carbocycles. The Hall–Kier alpha value is -2.96. The number of rotatable bonds is 3. The summed E-state index contributed by atoms with van der Waals surface area (Å²) in [6.07, 6.45) is 5.04. The number of nitrogens with one attached hydrogen (secondary N) is 2. The maximum atomic E-state index is 12.1. The molecule has 7 heteroatoms. The molecule has 0 atom stereocenters. The molecule has 20 heavy (non-hydrogen) atoms. The summed E-state index contributed by atoms with van der Waals surface area (Å²) in [6.45, 7) is 0. The molecule has 7 nitrogen and oxygen atoms in total. The summed E-state index contributed by atoms with van der Waals surface area (Å²) >= 11 is 0. The normalized spacial score (nSPS) is 10.4. The lowest BCUT2D eigenvalue weighted by molar-refractivity contribution is 0.102. The average Bonchev–Trinajstić information content (AvgIpc) is 3.10. The van der Waals surface area contributed by atoms with Crippen LogP contribution in [0.3, 0.4) is 0 Å². The molecular formula is C13H12N6O. The highest BCUT2D eigenvalue weighted by Gasteiger charge is 2.13. The molecule has 3 rings (SSSR count). The first kappa shape index (κ1) is 12.1. The van der Waals surface area contributed by atoms with Crippen LogP contribution >= 0.6 is 0 Å². The summed E-state index contributed by atoms with van der Waals surface area (Å²) in [4.78, 5) is 20.3. The minimum Gasteiger partial charge on any atom is -0.320 e. The van der Waals surface area contributed by atoms with Gasteiger partial charge in [0.1, 0.15) is 11.4 Å². The third-order valence-corrected chi connectivity index (χ3v) is 2.80. The number of hydrogen-bond donors (Lipinski definition) is 2. The predicted octanol–water partition coefficient (Wildman–Crippen LogP) is 1.46. The van der Waals surface area contributed by atoms with Crippen molar-refractivity contribution in [1.29, 1.82) is 0 Å². The van der Waals surface area contributed by atoms with Gasteiger partial charge in [0, 0.05) is 25.6 Å². The van der Waals surface area contributed by atoms with Crippen LogP contribution < -0.4 is 5.32 Å². The molecule has 0 saturated carbocycles. The molecule has 0 aliphatic rings. The van der Waals surface area contributed by atoms with E-state index in [-0.39, 0.29) is 5.91 Å². The number of imidazole rings is 1. The number of aromatic nitrogens is 5. The Kier molecular flexibility index (Phi) is 3.00. The molecule has 0 unspecified atom stereocenters. The molecule has 3 aromatic heterocycles. The SMILES string of the molecule is Cn1ccnc1NC(=O)c1cc(-c2ccccn2)n[nH]1. The quantitative estimate of drug-likeness (QED) is 0.752. The molecule has 3 aromatic rings. The summed E-state index contributed by atoms with van der Waals surface area (Å²) in [5, 5.41) is 9.47. The maximum absolute atomic E-state index is 12.1. The average molecular weight is 268 g/mol. The molecule has 0 radical (unpaired) electrons. The van der Waals surface area contributed by atoms with Gasteiger partial charge >= 0.3 is 0 Å². The van der Waals surface area contributed by atoms with E-state index in [2.05, 4.69) is 25.5 Å². The van der Waals surface area contributed by atoms with Crippen molar-refractivity contribution in [3.63, 3.8) is 0 Å². The maximum Gasteiger partial charge on any atom is 0.275 e. The summed E-state index contributed by atoms with van der Waals surface area (Å²) in [6, 6.07) is 7.17.